The van der Waals surface area contributed by atoms with Gasteiger partial charge < -0.3 is 5.32 Å². The quantitative estimate of drug-likeness (QED) is 0.574. The molecule has 7 nitrogen and oxygen atoms in total. The first-order valence-electron chi connectivity index (χ1n) is 10.4. The van der Waals surface area contributed by atoms with E-state index >= 15 is 0 Å². The van der Waals surface area contributed by atoms with E-state index in [2.05, 4.69) is 9.71 Å². The van der Waals surface area contributed by atoms with Gasteiger partial charge in [0.2, 0.25) is 11.8 Å². The van der Waals surface area contributed by atoms with Crippen LogP contribution in [0.5, 0.6) is 0 Å². The Morgan fingerprint density at radius 3 is 2.48 bits per heavy atom. The number of benzene rings is 1. The Bertz CT molecular complexity index is 1180. The van der Waals surface area contributed by atoms with Gasteiger partial charge in [0, 0.05) is 18.2 Å². The third kappa shape index (κ3) is 5.76. The maximum absolute atomic E-state index is 13.3. The molecule has 1 saturated carbocycles. The van der Waals surface area contributed by atoms with Crippen molar-refractivity contribution in [3.05, 3.63) is 46.6 Å². The lowest BCUT2D eigenvalue weighted by atomic mass is 9.94. The largest absolute Gasteiger partial charge is 0.326 e. The summed E-state index contributed by atoms with van der Waals surface area (Å²) in [6.45, 7) is 0. The first-order chi connectivity index (χ1) is 15.7. The maximum Gasteiger partial charge on any atom is 0.294 e. The molecular weight excluding hydrogens is 509 g/mol. The number of carbonyl (C=O) groups excluding carboxylic acids is 2. The highest BCUT2D eigenvalue weighted by molar-refractivity contribution is 8.16. The second-order valence-electron chi connectivity index (χ2n) is 7.77. The molecule has 2 amide bonds. The van der Waals surface area contributed by atoms with E-state index in [1.54, 1.807) is 0 Å². The first kappa shape index (κ1) is 24.2. The van der Waals surface area contributed by atoms with Crippen molar-refractivity contribution in [2.45, 2.75) is 54.0 Å². The summed E-state index contributed by atoms with van der Waals surface area (Å²) in [4.78, 5) is 27.3. The van der Waals surface area contributed by atoms with Crippen LogP contribution in [0.1, 0.15) is 38.5 Å². The van der Waals surface area contributed by atoms with Crippen molar-refractivity contribution in [3.63, 3.8) is 0 Å². The lowest BCUT2D eigenvalue weighted by molar-refractivity contribution is -0.130. The van der Waals surface area contributed by atoms with Crippen LogP contribution in [0.25, 0.3) is 0 Å². The molecular formula is C21H21ClFN3O4S3. The molecule has 2 fully saturated rings. The van der Waals surface area contributed by atoms with E-state index in [1.165, 1.54) is 41.3 Å². The third-order valence-corrected chi connectivity index (χ3v) is 9.64. The lowest BCUT2D eigenvalue weighted by Gasteiger charge is -2.30. The number of halogens is 2. The molecule has 1 aliphatic carbocycles. The molecule has 1 atom stereocenters. The van der Waals surface area contributed by atoms with Crippen LogP contribution in [0, 0.1) is 5.82 Å². The highest BCUT2D eigenvalue weighted by Crippen LogP contribution is 2.37. The van der Waals surface area contributed by atoms with Crippen LogP contribution in [0.3, 0.4) is 0 Å². The SMILES string of the molecule is O=C(CC1S/C(=N/S(=O)(=O)c2ccc(Cl)s2)N(C2CCCCC2)C1=O)Nc1ccc(F)cc1. The molecule has 2 aliphatic rings. The summed E-state index contributed by atoms with van der Waals surface area (Å²) in [6, 6.07) is 8.02. The summed E-state index contributed by atoms with van der Waals surface area (Å²) in [5, 5.41) is 1.94. The van der Waals surface area contributed by atoms with Gasteiger partial charge in [0.05, 0.1) is 4.34 Å². The fraction of sp³-hybridized carbons (Fsp3) is 0.381. The zero-order chi connectivity index (χ0) is 23.6. The number of sulfonamides is 1. The molecule has 1 aromatic heterocycles. The summed E-state index contributed by atoms with van der Waals surface area (Å²) in [5.41, 5.74) is 0.409. The number of anilines is 1. The molecule has 0 bridgehead atoms. The summed E-state index contributed by atoms with van der Waals surface area (Å²) in [6.07, 6.45) is 4.29. The number of thiophene rings is 1. The van der Waals surface area contributed by atoms with Crippen molar-refractivity contribution in [1.82, 2.24) is 4.90 Å². The van der Waals surface area contributed by atoms with E-state index in [4.69, 9.17) is 11.6 Å². The fourth-order valence-electron chi connectivity index (χ4n) is 3.85. The van der Waals surface area contributed by atoms with Gasteiger partial charge in [-0.25, -0.2) is 4.39 Å². The van der Waals surface area contributed by atoms with Gasteiger partial charge >= 0.3 is 0 Å². The van der Waals surface area contributed by atoms with Gasteiger partial charge in [0.15, 0.2) is 5.17 Å². The Hall–Kier alpha value is -1.95. The lowest BCUT2D eigenvalue weighted by Crippen LogP contribution is -2.42. The van der Waals surface area contributed by atoms with E-state index in [-0.39, 0.29) is 27.7 Å². The van der Waals surface area contributed by atoms with Gasteiger partial charge in [-0.2, -0.15) is 8.42 Å². The third-order valence-electron chi connectivity index (χ3n) is 5.41. The predicted molar refractivity (Wildman–Crippen MR) is 129 cm³/mol. The van der Waals surface area contributed by atoms with Crippen LogP contribution in [-0.2, 0) is 19.6 Å². The van der Waals surface area contributed by atoms with E-state index in [0.29, 0.717) is 10.0 Å². The predicted octanol–water partition coefficient (Wildman–Crippen LogP) is 4.89. The summed E-state index contributed by atoms with van der Waals surface area (Å²) >= 11 is 7.77. The molecule has 2 aromatic rings. The topological polar surface area (TPSA) is 95.9 Å². The number of carbonyl (C=O) groups is 2. The Balaban J connectivity index is 1.56. The highest BCUT2D eigenvalue weighted by atomic mass is 35.5. The second kappa shape index (κ2) is 10.1. The Morgan fingerprint density at radius 2 is 1.85 bits per heavy atom. The van der Waals surface area contributed by atoms with Crippen LogP contribution in [0.15, 0.2) is 45.0 Å². The molecule has 33 heavy (non-hydrogen) atoms. The Labute approximate surface area is 204 Å². The summed E-state index contributed by atoms with van der Waals surface area (Å²) in [7, 11) is -4.05. The minimum atomic E-state index is -4.05. The van der Waals surface area contributed by atoms with Crippen LogP contribution >= 0.6 is 34.7 Å². The van der Waals surface area contributed by atoms with Crippen LogP contribution in [0.2, 0.25) is 4.34 Å². The second-order valence-corrected chi connectivity index (χ2v) is 12.5. The molecule has 12 heteroatoms. The Morgan fingerprint density at radius 1 is 1.15 bits per heavy atom. The highest BCUT2D eigenvalue weighted by Gasteiger charge is 2.43. The van der Waals surface area contributed by atoms with Gasteiger partial charge in [-0.3, -0.25) is 14.5 Å². The van der Waals surface area contributed by atoms with Crippen LogP contribution in [0.4, 0.5) is 10.1 Å². The number of hydrogen-bond donors (Lipinski definition) is 1. The van der Waals surface area contributed by atoms with Gasteiger partial charge in [0.1, 0.15) is 15.3 Å². The zero-order valence-electron chi connectivity index (χ0n) is 17.4. The van der Waals surface area contributed by atoms with Crippen molar-refractivity contribution in [2.24, 2.45) is 4.40 Å². The van der Waals surface area contributed by atoms with Gasteiger partial charge in [-0.1, -0.05) is 42.6 Å². The molecule has 1 unspecified atom stereocenters. The maximum atomic E-state index is 13.3. The molecule has 2 heterocycles. The minimum Gasteiger partial charge on any atom is -0.326 e. The van der Waals surface area contributed by atoms with E-state index in [9.17, 15) is 22.4 Å². The average molecular weight is 530 g/mol. The van der Waals surface area contributed by atoms with Crippen molar-refractivity contribution >= 4 is 67.4 Å². The first-order valence-corrected chi connectivity index (χ1v) is 13.9. The number of nitrogens with one attached hydrogen (secondary N) is 1. The smallest absolute Gasteiger partial charge is 0.294 e. The number of hydrogen-bond acceptors (Lipinski definition) is 6. The molecule has 1 N–H and O–H groups in total. The molecule has 0 radical (unpaired) electrons. The van der Waals surface area contributed by atoms with Crippen molar-refractivity contribution in [1.29, 1.82) is 0 Å². The standard InChI is InChI=1S/C21H21ClFN3O4S3/c22-17-10-11-19(32-17)33(29,30)25-21-26(15-4-2-1-3-5-15)20(28)16(31-21)12-18(27)24-14-8-6-13(23)7-9-14/h6-11,15-16H,1-5,12H2,(H,24,27)/b25-21+. The molecule has 1 saturated heterocycles. The molecule has 4 rings (SSSR count). The van der Waals surface area contributed by atoms with E-state index in [0.717, 1.165) is 55.2 Å². The number of amidine groups is 1. The molecule has 1 aliphatic heterocycles. The number of thioether (sulfide) groups is 1. The minimum absolute atomic E-state index is 0.00542. The average Bonchev–Trinajstić information content (AvgIpc) is 3.34. The van der Waals surface area contributed by atoms with Crippen molar-refractivity contribution in [3.8, 4) is 0 Å². The van der Waals surface area contributed by atoms with Crippen molar-refractivity contribution < 1.29 is 22.4 Å². The molecule has 176 valence electrons. The van der Waals surface area contributed by atoms with E-state index < -0.39 is 27.0 Å². The van der Waals surface area contributed by atoms with Gasteiger partial charge in [-0.15, -0.1) is 15.7 Å². The van der Waals surface area contributed by atoms with Gasteiger partial charge in [-0.05, 0) is 49.2 Å². The number of nitrogens with zero attached hydrogens (tertiary/aromatic N) is 2. The molecule has 1 aromatic carbocycles. The molecule has 0 spiro atoms. The summed E-state index contributed by atoms with van der Waals surface area (Å²) < 4.78 is 43.1. The van der Waals surface area contributed by atoms with E-state index in [1.807, 2.05) is 0 Å². The number of rotatable bonds is 6. The summed E-state index contributed by atoms with van der Waals surface area (Å²) in [5.74, 6) is -1.17. The monoisotopic (exact) mass is 529 g/mol. The zero-order valence-corrected chi connectivity index (χ0v) is 20.6. The fourth-order valence-corrected chi connectivity index (χ4v) is 7.71. The van der Waals surface area contributed by atoms with Gasteiger partial charge in [0.25, 0.3) is 10.0 Å². The van der Waals surface area contributed by atoms with Crippen LogP contribution < -0.4 is 5.32 Å². The normalized spacial score (nSPS) is 21.0. The van der Waals surface area contributed by atoms with Crippen molar-refractivity contribution in [2.75, 3.05) is 5.32 Å². The van der Waals surface area contributed by atoms with Crippen LogP contribution in [-0.4, -0.2) is 41.6 Å². The number of amides is 2. The Kier molecular flexibility index (Phi) is 7.42.